The van der Waals surface area contributed by atoms with Crippen LogP contribution in [0.4, 0.5) is 0 Å². The first-order valence-electron chi connectivity index (χ1n) is 5.17. The molecule has 0 heterocycles. The van der Waals surface area contributed by atoms with Crippen LogP contribution in [0.2, 0.25) is 0 Å². The molecule has 0 aliphatic carbocycles. The summed E-state index contributed by atoms with van der Waals surface area (Å²) < 4.78 is 0. The zero-order valence-corrected chi connectivity index (χ0v) is 12.8. The lowest BCUT2D eigenvalue weighted by Gasteiger charge is -2.10. The van der Waals surface area contributed by atoms with E-state index in [1.54, 1.807) is 19.0 Å². The molecule has 0 atom stereocenters. The van der Waals surface area contributed by atoms with E-state index in [-0.39, 0.29) is 29.9 Å². The molecule has 0 aliphatic rings. The Morgan fingerprint density at radius 3 is 2.44 bits per heavy atom. The van der Waals surface area contributed by atoms with Gasteiger partial charge in [0.1, 0.15) is 0 Å². The second-order valence-corrected chi connectivity index (χ2v) is 4.08. The van der Waals surface area contributed by atoms with Gasteiger partial charge >= 0.3 is 0 Å². The number of carbonyl (C=O) groups excluding carboxylic acids is 1. The standard InChI is InChI=1S/C10H22N4O.HI/c1-8(2)7-13-10(11)12-6-5-9(15)14(3)4;/h8H,5-7H2,1-4H3,(H3,11,12,13);1H. The summed E-state index contributed by atoms with van der Waals surface area (Å²) in [7, 11) is 3.47. The summed E-state index contributed by atoms with van der Waals surface area (Å²) in [4.78, 5) is 16.9. The summed E-state index contributed by atoms with van der Waals surface area (Å²) in [5.74, 6) is 0.989. The summed E-state index contributed by atoms with van der Waals surface area (Å²) >= 11 is 0. The van der Waals surface area contributed by atoms with Gasteiger partial charge in [-0.3, -0.25) is 9.79 Å². The number of hydrogen-bond donors (Lipinski definition) is 2. The van der Waals surface area contributed by atoms with Crippen LogP contribution in [0, 0.1) is 5.92 Å². The average molecular weight is 342 g/mol. The van der Waals surface area contributed by atoms with E-state index in [9.17, 15) is 4.79 Å². The van der Waals surface area contributed by atoms with Crippen molar-refractivity contribution in [1.29, 1.82) is 0 Å². The SMILES string of the molecule is CC(C)CN=C(N)NCCC(=O)N(C)C.I. The van der Waals surface area contributed by atoms with Crippen LogP contribution in [0.5, 0.6) is 0 Å². The zero-order valence-electron chi connectivity index (χ0n) is 10.5. The number of rotatable bonds is 5. The Labute approximate surface area is 115 Å². The molecule has 0 radical (unpaired) electrons. The van der Waals surface area contributed by atoms with Crippen LogP contribution in [0.1, 0.15) is 20.3 Å². The fourth-order valence-electron chi connectivity index (χ4n) is 0.858. The average Bonchev–Trinajstić information content (AvgIpc) is 2.14. The van der Waals surface area contributed by atoms with Crippen LogP contribution in [0.25, 0.3) is 0 Å². The smallest absolute Gasteiger partial charge is 0.223 e. The summed E-state index contributed by atoms with van der Waals surface area (Å²) in [6.07, 6.45) is 0.435. The monoisotopic (exact) mass is 342 g/mol. The van der Waals surface area contributed by atoms with Crippen LogP contribution >= 0.6 is 24.0 Å². The lowest BCUT2D eigenvalue weighted by molar-refractivity contribution is -0.128. The van der Waals surface area contributed by atoms with Crippen molar-refractivity contribution in [3.63, 3.8) is 0 Å². The number of nitrogens with one attached hydrogen (secondary N) is 1. The van der Waals surface area contributed by atoms with E-state index in [0.29, 0.717) is 31.4 Å². The number of amides is 1. The van der Waals surface area contributed by atoms with E-state index in [2.05, 4.69) is 24.2 Å². The van der Waals surface area contributed by atoms with Crippen molar-refractivity contribution in [1.82, 2.24) is 10.2 Å². The molecular weight excluding hydrogens is 319 g/mol. The predicted octanol–water partition coefficient (Wildman–Crippen LogP) is 0.643. The topological polar surface area (TPSA) is 70.7 Å². The fraction of sp³-hybridized carbons (Fsp3) is 0.800. The van der Waals surface area contributed by atoms with E-state index in [1.807, 2.05) is 0 Å². The lowest BCUT2D eigenvalue weighted by Crippen LogP contribution is -2.35. The quantitative estimate of drug-likeness (QED) is 0.438. The number of hydrogen-bond acceptors (Lipinski definition) is 2. The molecule has 0 spiro atoms. The molecule has 0 saturated heterocycles. The van der Waals surface area contributed by atoms with Crippen molar-refractivity contribution >= 4 is 35.8 Å². The van der Waals surface area contributed by atoms with Crippen molar-refractivity contribution in [2.45, 2.75) is 20.3 Å². The fourth-order valence-corrected chi connectivity index (χ4v) is 0.858. The first kappa shape index (κ1) is 17.9. The molecule has 5 nitrogen and oxygen atoms in total. The highest BCUT2D eigenvalue weighted by atomic mass is 127. The number of nitrogens with two attached hydrogens (primary N) is 1. The molecule has 3 N–H and O–H groups in total. The third-order valence-electron chi connectivity index (χ3n) is 1.77. The van der Waals surface area contributed by atoms with Crippen LogP contribution in [0.3, 0.4) is 0 Å². The van der Waals surface area contributed by atoms with Gasteiger partial charge in [0.2, 0.25) is 5.91 Å². The Kier molecular flexibility index (Phi) is 10.8. The van der Waals surface area contributed by atoms with Crippen molar-refractivity contribution in [3.05, 3.63) is 0 Å². The van der Waals surface area contributed by atoms with Gasteiger partial charge in [0, 0.05) is 33.6 Å². The van der Waals surface area contributed by atoms with Gasteiger partial charge < -0.3 is 16.0 Å². The van der Waals surface area contributed by atoms with E-state index in [0.717, 1.165) is 0 Å². The maximum atomic E-state index is 11.2. The summed E-state index contributed by atoms with van der Waals surface area (Å²) in [6, 6.07) is 0. The Hall–Kier alpha value is -0.530. The van der Waals surface area contributed by atoms with E-state index in [1.165, 1.54) is 0 Å². The Morgan fingerprint density at radius 2 is 2.00 bits per heavy atom. The van der Waals surface area contributed by atoms with Crippen LogP contribution in [0.15, 0.2) is 4.99 Å². The molecule has 0 fully saturated rings. The molecule has 96 valence electrons. The minimum Gasteiger partial charge on any atom is -0.370 e. The second-order valence-electron chi connectivity index (χ2n) is 4.08. The first-order valence-corrected chi connectivity index (χ1v) is 5.17. The van der Waals surface area contributed by atoms with E-state index >= 15 is 0 Å². The zero-order chi connectivity index (χ0) is 11.8. The van der Waals surface area contributed by atoms with E-state index < -0.39 is 0 Å². The molecule has 0 saturated carbocycles. The summed E-state index contributed by atoms with van der Waals surface area (Å²) in [5.41, 5.74) is 5.60. The summed E-state index contributed by atoms with van der Waals surface area (Å²) in [6.45, 7) is 5.39. The maximum absolute atomic E-state index is 11.2. The number of aliphatic imine (C=N–C) groups is 1. The van der Waals surface area contributed by atoms with Gasteiger partial charge in [-0.2, -0.15) is 0 Å². The van der Waals surface area contributed by atoms with Gasteiger partial charge in [0.25, 0.3) is 0 Å². The lowest BCUT2D eigenvalue weighted by atomic mass is 10.2. The van der Waals surface area contributed by atoms with Gasteiger partial charge in [-0.25, -0.2) is 0 Å². The molecule has 0 aromatic carbocycles. The van der Waals surface area contributed by atoms with Crippen LogP contribution in [-0.4, -0.2) is 44.0 Å². The number of nitrogens with zero attached hydrogens (tertiary/aromatic N) is 2. The molecule has 0 bridgehead atoms. The molecule has 0 rings (SSSR count). The highest BCUT2D eigenvalue weighted by molar-refractivity contribution is 14.0. The summed E-state index contributed by atoms with van der Waals surface area (Å²) in [5, 5.41) is 2.90. The van der Waals surface area contributed by atoms with Crippen molar-refractivity contribution in [2.24, 2.45) is 16.6 Å². The second kappa shape index (κ2) is 9.68. The van der Waals surface area contributed by atoms with Gasteiger partial charge in [-0.1, -0.05) is 13.8 Å². The maximum Gasteiger partial charge on any atom is 0.223 e. The highest BCUT2D eigenvalue weighted by Crippen LogP contribution is 1.90. The van der Waals surface area contributed by atoms with Crippen molar-refractivity contribution < 1.29 is 4.79 Å². The number of halogens is 1. The normalized spacial score (nSPS) is 10.9. The molecule has 0 aliphatic heterocycles. The molecule has 16 heavy (non-hydrogen) atoms. The van der Waals surface area contributed by atoms with Crippen LogP contribution in [-0.2, 0) is 4.79 Å². The van der Waals surface area contributed by atoms with Crippen molar-refractivity contribution in [3.8, 4) is 0 Å². The molecule has 0 unspecified atom stereocenters. The molecular formula is C10H23IN4O. The first-order chi connectivity index (χ1) is 6.93. The number of carbonyl (C=O) groups is 1. The minimum absolute atomic E-state index is 0. The number of guanidine groups is 1. The van der Waals surface area contributed by atoms with Crippen LogP contribution < -0.4 is 11.1 Å². The third-order valence-corrected chi connectivity index (χ3v) is 1.77. The van der Waals surface area contributed by atoms with Gasteiger partial charge in [0.05, 0.1) is 0 Å². The van der Waals surface area contributed by atoms with Gasteiger partial charge in [0.15, 0.2) is 5.96 Å². The largest absolute Gasteiger partial charge is 0.370 e. The third kappa shape index (κ3) is 10.0. The van der Waals surface area contributed by atoms with E-state index in [4.69, 9.17) is 5.73 Å². The molecule has 6 heteroatoms. The Morgan fingerprint density at radius 1 is 1.44 bits per heavy atom. The molecule has 0 aromatic heterocycles. The highest BCUT2D eigenvalue weighted by Gasteiger charge is 2.02. The molecule has 0 aromatic rings. The van der Waals surface area contributed by atoms with Gasteiger partial charge in [-0.05, 0) is 5.92 Å². The minimum atomic E-state index is 0. The predicted molar refractivity (Wildman–Crippen MR) is 78.1 cm³/mol. The molecule has 1 amide bonds. The van der Waals surface area contributed by atoms with Gasteiger partial charge in [-0.15, -0.1) is 24.0 Å². The Balaban J connectivity index is 0. The van der Waals surface area contributed by atoms with Crippen molar-refractivity contribution in [2.75, 3.05) is 27.2 Å². The Bertz CT molecular complexity index is 229.